The maximum atomic E-state index is 12.0. The molecule has 1 atom stereocenters. The van der Waals surface area contributed by atoms with Crippen LogP contribution in [0.25, 0.3) is 0 Å². The third kappa shape index (κ3) is 5.21. The van der Waals surface area contributed by atoms with E-state index in [1.165, 1.54) is 13.1 Å². The number of amides is 2. The molecule has 0 radical (unpaired) electrons. The number of anilines is 1. The van der Waals surface area contributed by atoms with Gasteiger partial charge >= 0.3 is 0 Å². The quantitative estimate of drug-likeness (QED) is 0.601. The first-order chi connectivity index (χ1) is 9.99. The molecule has 5 nitrogen and oxygen atoms in total. The van der Waals surface area contributed by atoms with Crippen LogP contribution in [0.2, 0.25) is 5.02 Å². The second-order valence-corrected chi connectivity index (χ2v) is 4.76. The Labute approximate surface area is 129 Å². The van der Waals surface area contributed by atoms with Gasteiger partial charge < -0.3 is 15.4 Å². The van der Waals surface area contributed by atoms with E-state index in [9.17, 15) is 9.59 Å². The Bertz CT molecular complexity index is 532. The highest BCUT2D eigenvalue weighted by Gasteiger charge is 2.15. The van der Waals surface area contributed by atoms with Crippen LogP contribution in [0.3, 0.4) is 0 Å². The van der Waals surface area contributed by atoms with E-state index in [1.807, 2.05) is 0 Å². The molecular weight excluding hydrogens is 292 g/mol. The molecule has 1 aromatic rings. The molecule has 0 aliphatic heterocycles. The van der Waals surface area contributed by atoms with Gasteiger partial charge in [0.25, 0.3) is 11.8 Å². The Morgan fingerprint density at radius 1 is 1.48 bits per heavy atom. The van der Waals surface area contributed by atoms with Gasteiger partial charge in [0.05, 0.1) is 17.3 Å². The standard InChI is InChI=1S/C15H19ClN2O3/c1-4-5-8-21-10(2)14(19)18-13-9-11(15(20)17-3)6-7-12(13)16/h4,6-7,9-10H,1,5,8H2,2-3H3,(H,17,20)(H,18,19). The highest BCUT2D eigenvalue weighted by Crippen LogP contribution is 2.23. The molecular formula is C15H19ClN2O3. The number of carbonyl (C=O) groups excluding carboxylic acids is 2. The summed E-state index contributed by atoms with van der Waals surface area (Å²) in [6.45, 7) is 5.65. The van der Waals surface area contributed by atoms with E-state index < -0.39 is 6.10 Å². The van der Waals surface area contributed by atoms with Crippen LogP contribution >= 0.6 is 11.6 Å². The minimum Gasteiger partial charge on any atom is -0.368 e. The molecule has 0 aliphatic rings. The van der Waals surface area contributed by atoms with Crippen LogP contribution in [0.4, 0.5) is 5.69 Å². The van der Waals surface area contributed by atoms with Crippen molar-refractivity contribution in [1.82, 2.24) is 5.32 Å². The summed E-state index contributed by atoms with van der Waals surface area (Å²) in [6, 6.07) is 4.67. The number of hydrogen-bond acceptors (Lipinski definition) is 3. The maximum absolute atomic E-state index is 12.0. The van der Waals surface area contributed by atoms with Crippen LogP contribution < -0.4 is 10.6 Å². The van der Waals surface area contributed by atoms with Crippen molar-refractivity contribution in [2.24, 2.45) is 0 Å². The van der Waals surface area contributed by atoms with Gasteiger partial charge in [-0.15, -0.1) is 6.58 Å². The van der Waals surface area contributed by atoms with E-state index >= 15 is 0 Å². The molecule has 1 rings (SSSR count). The first-order valence-corrected chi connectivity index (χ1v) is 6.92. The summed E-state index contributed by atoms with van der Waals surface area (Å²) in [6.07, 6.45) is 1.77. The van der Waals surface area contributed by atoms with E-state index in [2.05, 4.69) is 17.2 Å². The summed E-state index contributed by atoms with van der Waals surface area (Å²) < 4.78 is 5.35. The molecule has 1 aromatic carbocycles. The van der Waals surface area contributed by atoms with Gasteiger partial charge in [-0.05, 0) is 31.5 Å². The normalized spacial score (nSPS) is 11.6. The molecule has 0 aliphatic carbocycles. The molecule has 0 bridgehead atoms. The molecule has 2 N–H and O–H groups in total. The van der Waals surface area contributed by atoms with Crippen molar-refractivity contribution < 1.29 is 14.3 Å². The van der Waals surface area contributed by atoms with Gasteiger partial charge in [-0.3, -0.25) is 9.59 Å². The van der Waals surface area contributed by atoms with Crippen LogP contribution in [0, 0.1) is 0 Å². The minimum absolute atomic E-state index is 0.252. The number of rotatable bonds is 7. The molecule has 6 heteroatoms. The lowest BCUT2D eigenvalue weighted by Gasteiger charge is -2.14. The molecule has 0 heterocycles. The summed E-state index contributed by atoms with van der Waals surface area (Å²) in [5.74, 6) is -0.576. The Morgan fingerprint density at radius 2 is 2.19 bits per heavy atom. The average Bonchev–Trinajstić information content (AvgIpc) is 2.48. The van der Waals surface area contributed by atoms with E-state index in [-0.39, 0.29) is 11.8 Å². The fourth-order valence-electron chi connectivity index (χ4n) is 1.54. The summed E-state index contributed by atoms with van der Waals surface area (Å²) in [5, 5.41) is 5.52. The SMILES string of the molecule is C=CCCOC(C)C(=O)Nc1cc(C(=O)NC)ccc1Cl. The zero-order valence-corrected chi connectivity index (χ0v) is 12.9. The maximum Gasteiger partial charge on any atom is 0.253 e. The summed E-state index contributed by atoms with van der Waals surface area (Å²) >= 11 is 6.02. The number of ether oxygens (including phenoxy) is 1. The number of carbonyl (C=O) groups is 2. The van der Waals surface area contributed by atoms with Crippen molar-refractivity contribution in [2.75, 3.05) is 19.0 Å². The van der Waals surface area contributed by atoms with Gasteiger partial charge in [-0.2, -0.15) is 0 Å². The minimum atomic E-state index is -0.621. The number of benzene rings is 1. The first kappa shape index (κ1) is 17.2. The molecule has 0 spiro atoms. The molecule has 21 heavy (non-hydrogen) atoms. The van der Waals surface area contributed by atoms with Crippen LogP contribution in [-0.2, 0) is 9.53 Å². The van der Waals surface area contributed by atoms with Gasteiger partial charge in [-0.1, -0.05) is 17.7 Å². The average molecular weight is 311 g/mol. The Kier molecular flexibility index (Phi) is 6.91. The smallest absolute Gasteiger partial charge is 0.253 e. The molecule has 1 unspecified atom stereocenters. The highest BCUT2D eigenvalue weighted by molar-refractivity contribution is 6.34. The fraction of sp³-hybridized carbons (Fsp3) is 0.333. The van der Waals surface area contributed by atoms with E-state index in [1.54, 1.807) is 25.1 Å². The molecule has 0 aromatic heterocycles. The second-order valence-electron chi connectivity index (χ2n) is 4.35. The zero-order valence-electron chi connectivity index (χ0n) is 12.1. The second kappa shape index (κ2) is 8.44. The van der Waals surface area contributed by atoms with Crippen molar-refractivity contribution in [1.29, 1.82) is 0 Å². The van der Waals surface area contributed by atoms with Crippen molar-refractivity contribution in [2.45, 2.75) is 19.4 Å². The monoisotopic (exact) mass is 310 g/mol. The largest absolute Gasteiger partial charge is 0.368 e. The predicted molar refractivity (Wildman–Crippen MR) is 83.7 cm³/mol. The summed E-state index contributed by atoms with van der Waals surface area (Å²) in [5.41, 5.74) is 0.791. The molecule has 114 valence electrons. The lowest BCUT2D eigenvalue weighted by Crippen LogP contribution is -2.28. The van der Waals surface area contributed by atoms with Crippen molar-refractivity contribution in [3.8, 4) is 0 Å². The van der Waals surface area contributed by atoms with E-state index in [0.29, 0.717) is 29.3 Å². The van der Waals surface area contributed by atoms with Crippen LogP contribution in [0.1, 0.15) is 23.7 Å². The van der Waals surface area contributed by atoms with E-state index in [0.717, 1.165) is 0 Å². The Balaban J connectivity index is 2.74. The molecule has 0 saturated heterocycles. The summed E-state index contributed by atoms with van der Waals surface area (Å²) in [7, 11) is 1.53. The van der Waals surface area contributed by atoms with Crippen LogP contribution in [0.5, 0.6) is 0 Å². The molecule has 0 saturated carbocycles. The van der Waals surface area contributed by atoms with Crippen molar-refractivity contribution in [3.05, 3.63) is 41.4 Å². The van der Waals surface area contributed by atoms with Crippen molar-refractivity contribution >= 4 is 29.1 Å². The number of nitrogens with one attached hydrogen (secondary N) is 2. The fourth-order valence-corrected chi connectivity index (χ4v) is 1.71. The van der Waals surface area contributed by atoms with E-state index in [4.69, 9.17) is 16.3 Å². The Morgan fingerprint density at radius 3 is 2.81 bits per heavy atom. The van der Waals surface area contributed by atoms with Crippen LogP contribution in [0.15, 0.2) is 30.9 Å². The topological polar surface area (TPSA) is 67.4 Å². The summed E-state index contributed by atoms with van der Waals surface area (Å²) in [4.78, 5) is 23.6. The lowest BCUT2D eigenvalue weighted by molar-refractivity contribution is -0.126. The number of halogens is 1. The van der Waals surface area contributed by atoms with Crippen molar-refractivity contribution in [3.63, 3.8) is 0 Å². The highest BCUT2D eigenvalue weighted by atomic mass is 35.5. The first-order valence-electron chi connectivity index (χ1n) is 6.54. The third-order valence-corrected chi connectivity index (χ3v) is 3.10. The van der Waals surface area contributed by atoms with Gasteiger partial charge in [0.15, 0.2) is 0 Å². The third-order valence-electron chi connectivity index (χ3n) is 2.77. The molecule has 0 fully saturated rings. The number of hydrogen-bond donors (Lipinski definition) is 2. The van der Waals surface area contributed by atoms with Gasteiger partial charge in [0, 0.05) is 12.6 Å². The predicted octanol–water partition coefficient (Wildman–Crippen LogP) is 2.62. The molecule has 2 amide bonds. The van der Waals surface area contributed by atoms with Gasteiger partial charge in [0.2, 0.25) is 0 Å². The zero-order chi connectivity index (χ0) is 15.8. The Hall–Kier alpha value is -1.85. The van der Waals surface area contributed by atoms with Crippen LogP contribution in [-0.4, -0.2) is 31.6 Å². The van der Waals surface area contributed by atoms with Gasteiger partial charge in [-0.25, -0.2) is 0 Å². The lowest BCUT2D eigenvalue weighted by atomic mass is 10.2. The van der Waals surface area contributed by atoms with Gasteiger partial charge in [0.1, 0.15) is 6.10 Å².